The molecule has 0 amide bonds. The molecule has 0 saturated carbocycles. The predicted molar refractivity (Wildman–Crippen MR) is 84.6 cm³/mol. The number of piperidine rings is 1. The highest BCUT2D eigenvalue weighted by molar-refractivity contribution is 5.47. The molecule has 5 nitrogen and oxygen atoms in total. The molecule has 0 spiro atoms. The van der Waals surface area contributed by atoms with Crippen molar-refractivity contribution in [1.82, 2.24) is 10.3 Å². The number of ether oxygens (including phenoxy) is 1. The maximum Gasteiger partial charge on any atom is 0.131 e. The minimum absolute atomic E-state index is 0.312. The summed E-state index contributed by atoms with van der Waals surface area (Å²) in [5, 5.41) is 12.5. The summed E-state index contributed by atoms with van der Waals surface area (Å²) in [4.78, 5) is 6.98. The summed E-state index contributed by atoms with van der Waals surface area (Å²) in [6.07, 6.45) is 4.07. The molecule has 2 N–H and O–H groups in total. The highest BCUT2D eigenvalue weighted by atomic mass is 16.5. The Bertz CT molecular complexity index is 432. The van der Waals surface area contributed by atoms with Crippen LogP contribution in [0.15, 0.2) is 12.3 Å². The Morgan fingerprint density at radius 2 is 2.19 bits per heavy atom. The van der Waals surface area contributed by atoms with Crippen LogP contribution in [0.4, 0.5) is 5.82 Å². The molecule has 2 rings (SSSR count). The first-order valence-electron chi connectivity index (χ1n) is 7.75. The fourth-order valence-corrected chi connectivity index (χ4v) is 2.79. The van der Waals surface area contributed by atoms with Crippen molar-refractivity contribution in [3.8, 4) is 0 Å². The molecule has 1 fully saturated rings. The van der Waals surface area contributed by atoms with Crippen LogP contribution in [-0.4, -0.2) is 50.0 Å². The molecule has 1 aliphatic heterocycles. The van der Waals surface area contributed by atoms with Gasteiger partial charge in [-0.15, -0.1) is 0 Å². The third-order valence-corrected chi connectivity index (χ3v) is 4.09. The largest absolute Gasteiger partial charge is 0.396 e. The zero-order valence-electron chi connectivity index (χ0n) is 13.1. The predicted octanol–water partition coefficient (Wildman–Crippen LogP) is 1.33. The van der Waals surface area contributed by atoms with E-state index < -0.39 is 0 Å². The Labute approximate surface area is 127 Å². The molecule has 1 aromatic heterocycles. The van der Waals surface area contributed by atoms with Crippen LogP contribution in [0.2, 0.25) is 0 Å². The number of nitrogens with one attached hydrogen (secondary N) is 1. The van der Waals surface area contributed by atoms with Gasteiger partial charge in [-0.2, -0.15) is 0 Å². The highest BCUT2D eigenvalue weighted by Crippen LogP contribution is 2.24. The van der Waals surface area contributed by atoms with Crippen LogP contribution in [-0.2, 0) is 11.3 Å². The van der Waals surface area contributed by atoms with Crippen LogP contribution in [0.5, 0.6) is 0 Å². The van der Waals surface area contributed by atoms with Gasteiger partial charge in [0.2, 0.25) is 0 Å². The molecular formula is C16H27N3O2. The Hall–Kier alpha value is -1.17. The van der Waals surface area contributed by atoms with Crippen LogP contribution in [0.25, 0.3) is 0 Å². The van der Waals surface area contributed by atoms with Crippen LogP contribution >= 0.6 is 0 Å². The van der Waals surface area contributed by atoms with Crippen molar-refractivity contribution in [2.75, 3.05) is 44.9 Å². The zero-order valence-corrected chi connectivity index (χ0v) is 13.1. The third kappa shape index (κ3) is 4.66. The van der Waals surface area contributed by atoms with Crippen molar-refractivity contribution in [2.45, 2.75) is 26.3 Å². The van der Waals surface area contributed by atoms with E-state index in [0.29, 0.717) is 12.5 Å². The normalized spacial score (nSPS) is 16.4. The van der Waals surface area contributed by atoms with Gasteiger partial charge >= 0.3 is 0 Å². The molecule has 0 aliphatic carbocycles. The summed E-state index contributed by atoms with van der Waals surface area (Å²) in [6.45, 7) is 6.82. The molecule has 0 aromatic carbocycles. The first kappa shape index (κ1) is 16.2. The smallest absolute Gasteiger partial charge is 0.131 e. The number of aromatic nitrogens is 1. The molecule has 1 aromatic rings. The van der Waals surface area contributed by atoms with Crippen LogP contribution in [0, 0.1) is 12.8 Å². The number of nitrogens with zero attached hydrogens (tertiary/aromatic N) is 2. The molecule has 2 heterocycles. The van der Waals surface area contributed by atoms with Gasteiger partial charge in [0.25, 0.3) is 0 Å². The minimum Gasteiger partial charge on any atom is -0.396 e. The lowest BCUT2D eigenvalue weighted by molar-refractivity contribution is 0.199. The number of hydrogen-bond donors (Lipinski definition) is 2. The maximum absolute atomic E-state index is 9.21. The van der Waals surface area contributed by atoms with Crippen LogP contribution in [0.1, 0.15) is 24.0 Å². The second kappa shape index (κ2) is 8.32. The number of aliphatic hydroxyl groups excluding tert-OH is 1. The third-order valence-electron chi connectivity index (χ3n) is 4.09. The average Bonchev–Trinajstić information content (AvgIpc) is 2.52. The lowest BCUT2D eigenvalue weighted by atomic mass is 9.97. The summed E-state index contributed by atoms with van der Waals surface area (Å²) in [6, 6.07) is 2.21. The fourth-order valence-electron chi connectivity index (χ4n) is 2.79. The first-order valence-corrected chi connectivity index (χ1v) is 7.75. The summed E-state index contributed by atoms with van der Waals surface area (Å²) >= 11 is 0. The molecule has 0 atom stereocenters. The van der Waals surface area contributed by atoms with Crippen molar-refractivity contribution in [1.29, 1.82) is 0 Å². The van der Waals surface area contributed by atoms with Crippen molar-refractivity contribution in [3.63, 3.8) is 0 Å². The Morgan fingerprint density at radius 3 is 2.81 bits per heavy atom. The van der Waals surface area contributed by atoms with E-state index in [-0.39, 0.29) is 0 Å². The number of rotatable bonds is 7. The number of anilines is 1. The fraction of sp³-hybridized carbons (Fsp3) is 0.688. The second-order valence-corrected chi connectivity index (χ2v) is 5.77. The molecule has 118 valence electrons. The molecule has 1 aliphatic rings. The van der Waals surface area contributed by atoms with E-state index in [1.807, 2.05) is 6.20 Å². The van der Waals surface area contributed by atoms with Crippen LogP contribution in [0.3, 0.4) is 0 Å². The van der Waals surface area contributed by atoms with Gasteiger partial charge in [-0.05, 0) is 42.9 Å². The molecular weight excluding hydrogens is 266 g/mol. The number of aryl methyl sites for hydroxylation is 1. The SMILES string of the molecule is COCCNCc1cnc(N2CCC(CO)CC2)c(C)c1. The van der Waals surface area contributed by atoms with E-state index in [2.05, 4.69) is 28.2 Å². The number of pyridine rings is 1. The number of methoxy groups -OCH3 is 1. The Balaban J connectivity index is 1.90. The first-order chi connectivity index (χ1) is 10.2. The van der Waals surface area contributed by atoms with Crippen LogP contribution < -0.4 is 10.2 Å². The van der Waals surface area contributed by atoms with E-state index in [1.165, 1.54) is 11.1 Å². The second-order valence-electron chi connectivity index (χ2n) is 5.77. The number of aliphatic hydroxyl groups is 1. The van der Waals surface area contributed by atoms with Crippen molar-refractivity contribution < 1.29 is 9.84 Å². The standard InChI is InChI=1S/C16H27N3O2/c1-13-9-15(10-17-5-8-21-2)11-18-16(13)19-6-3-14(12-20)4-7-19/h9,11,14,17,20H,3-8,10,12H2,1-2H3. The van der Waals surface area contributed by atoms with E-state index >= 15 is 0 Å². The van der Waals surface area contributed by atoms with Gasteiger partial charge < -0.3 is 20.1 Å². The molecule has 0 unspecified atom stereocenters. The molecule has 1 saturated heterocycles. The summed E-state index contributed by atoms with van der Waals surface area (Å²) < 4.78 is 5.02. The lowest BCUT2D eigenvalue weighted by Gasteiger charge is -2.33. The molecule has 5 heteroatoms. The van der Waals surface area contributed by atoms with Gasteiger partial charge in [0.05, 0.1) is 6.61 Å². The quantitative estimate of drug-likeness (QED) is 0.743. The average molecular weight is 293 g/mol. The van der Waals surface area contributed by atoms with E-state index in [0.717, 1.165) is 51.4 Å². The summed E-state index contributed by atoms with van der Waals surface area (Å²) in [5.74, 6) is 1.55. The van der Waals surface area contributed by atoms with Gasteiger partial charge in [0, 0.05) is 46.1 Å². The van der Waals surface area contributed by atoms with Gasteiger partial charge in [-0.1, -0.05) is 0 Å². The van der Waals surface area contributed by atoms with Crippen molar-refractivity contribution >= 4 is 5.82 Å². The van der Waals surface area contributed by atoms with Gasteiger partial charge in [0.15, 0.2) is 0 Å². The molecule has 0 radical (unpaired) electrons. The van der Waals surface area contributed by atoms with E-state index in [4.69, 9.17) is 4.74 Å². The molecule has 0 bridgehead atoms. The Morgan fingerprint density at radius 1 is 1.43 bits per heavy atom. The monoisotopic (exact) mass is 293 g/mol. The van der Waals surface area contributed by atoms with E-state index in [1.54, 1.807) is 7.11 Å². The topological polar surface area (TPSA) is 57.6 Å². The maximum atomic E-state index is 9.21. The lowest BCUT2D eigenvalue weighted by Crippen LogP contribution is -2.35. The van der Waals surface area contributed by atoms with Crippen molar-refractivity contribution in [2.24, 2.45) is 5.92 Å². The molecule has 21 heavy (non-hydrogen) atoms. The minimum atomic E-state index is 0.312. The number of hydrogen-bond acceptors (Lipinski definition) is 5. The summed E-state index contributed by atoms with van der Waals surface area (Å²) in [5.41, 5.74) is 2.43. The summed E-state index contributed by atoms with van der Waals surface area (Å²) in [7, 11) is 1.71. The Kier molecular flexibility index (Phi) is 6.42. The zero-order chi connectivity index (χ0) is 15.1. The van der Waals surface area contributed by atoms with E-state index in [9.17, 15) is 5.11 Å². The van der Waals surface area contributed by atoms with Gasteiger partial charge in [-0.3, -0.25) is 0 Å². The highest BCUT2D eigenvalue weighted by Gasteiger charge is 2.20. The van der Waals surface area contributed by atoms with Gasteiger partial charge in [-0.25, -0.2) is 4.98 Å². The van der Waals surface area contributed by atoms with Gasteiger partial charge in [0.1, 0.15) is 5.82 Å². The van der Waals surface area contributed by atoms with Crippen molar-refractivity contribution in [3.05, 3.63) is 23.4 Å².